The van der Waals surface area contributed by atoms with Crippen LogP contribution < -0.4 is 0 Å². The molecule has 0 saturated carbocycles. The van der Waals surface area contributed by atoms with Crippen molar-refractivity contribution in [3.05, 3.63) is 72.2 Å². The van der Waals surface area contributed by atoms with Crippen LogP contribution in [-0.4, -0.2) is 19.9 Å². The highest BCUT2D eigenvalue weighted by atomic mass is 16.3. The van der Waals surface area contributed by atoms with Crippen molar-refractivity contribution in [2.24, 2.45) is 0 Å². The molecule has 2 aromatic heterocycles. The second-order valence-electron chi connectivity index (χ2n) is 4.26. The fourth-order valence-electron chi connectivity index (χ4n) is 1.92. The van der Waals surface area contributed by atoms with Gasteiger partial charge in [-0.1, -0.05) is 24.3 Å². The number of rotatable bonds is 3. The highest BCUT2D eigenvalue weighted by Crippen LogP contribution is 2.18. The molecular formula is C16H13N3O. The first-order valence-electron chi connectivity index (χ1n) is 6.26. The van der Waals surface area contributed by atoms with Crippen LogP contribution in [0.4, 0.5) is 0 Å². The van der Waals surface area contributed by atoms with Crippen molar-refractivity contribution < 1.29 is 5.11 Å². The van der Waals surface area contributed by atoms with Crippen molar-refractivity contribution in [2.75, 3.05) is 0 Å². The number of nitrogens with zero attached hydrogens (tertiary/aromatic N) is 3. The van der Waals surface area contributed by atoms with E-state index in [1.807, 2.05) is 60.7 Å². The van der Waals surface area contributed by atoms with Crippen LogP contribution in [0.5, 0.6) is 5.88 Å². The lowest BCUT2D eigenvalue weighted by atomic mass is 10.2. The van der Waals surface area contributed by atoms with Crippen LogP contribution in [0.3, 0.4) is 0 Å². The Hall–Kier alpha value is -2.88. The van der Waals surface area contributed by atoms with E-state index >= 15 is 0 Å². The normalized spacial score (nSPS) is 11.0. The monoisotopic (exact) mass is 263 g/mol. The summed E-state index contributed by atoms with van der Waals surface area (Å²) in [5, 5.41) is 13.7. The number of pyridine rings is 1. The summed E-state index contributed by atoms with van der Waals surface area (Å²) in [5.41, 5.74) is 2.54. The molecule has 1 aromatic carbocycles. The van der Waals surface area contributed by atoms with Gasteiger partial charge < -0.3 is 5.11 Å². The average Bonchev–Trinajstić information content (AvgIpc) is 2.88. The second-order valence-corrected chi connectivity index (χ2v) is 4.26. The van der Waals surface area contributed by atoms with Crippen LogP contribution in [0.25, 0.3) is 17.8 Å². The third kappa shape index (κ3) is 2.59. The van der Waals surface area contributed by atoms with Gasteiger partial charge in [0.1, 0.15) is 0 Å². The number of hydrogen-bond donors (Lipinski definition) is 1. The van der Waals surface area contributed by atoms with Crippen molar-refractivity contribution in [2.45, 2.75) is 0 Å². The molecule has 0 saturated heterocycles. The summed E-state index contributed by atoms with van der Waals surface area (Å²) in [4.78, 5) is 4.22. The molecule has 0 aliphatic heterocycles. The van der Waals surface area contributed by atoms with Crippen LogP contribution in [0, 0.1) is 0 Å². The minimum atomic E-state index is -0.00507. The summed E-state index contributed by atoms with van der Waals surface area (Å²) < 4.78 is 1.69. The highest BCUT2D eigenvalue weighted by Gasteiger charge is 2.05. The molecule has 0 unspecified atom stereocenters. The molecule has 2 heterocycles. The molecule has 3 rings (SSSR count). The molecule has 0 aliphatic carbocycles. The van der Waals surface area contributed by atoms with Gasteiger partial charge in [0.2, 0.25) is 5.88 Å². The molecule has 0 amide bonds. The third-order valence-corrected chi connectivity index (χ3v) is 2.84. The standard InChI is InChI=1S/C16H13N3O/c20-16-12-15(10-9-13-6-4-5-11-17-13)19(18-16)14-7-2-1-3-8-14/h1-12H,(H,18,20)/b10-9+. The van der Waals surface area contributed by atoms with Gasteiger partial charge in [-0.05, 0) is 36.4 Å². The van der Waals surface area contributed by atoms with Gasteiger partial charge in [-0.15, -0.1) is 5.10 Å². The van der Waals surface area contributed by atoms with Gasteiger partial charge in [0, 0.05) is 12.3 Å². The molecule has 0 radical (unpaired) electrons. The maximum Gasteiger partial charge on any atom is 0.231 e. The van der Waals surface area contributed by atoms with Crippen molar-refractivity contribution in [3.8, 4) is 11.6 Å². The van der Waals surface area contributed by atoms with E-state index in [1.54, 1.807) is 16.9 Å². The third-order valence-electron chi connectivity index (χ3n) is 2.84. The lowest BCUT2D eigenvalue weighted by Gasteiger charge is -2.03. The maximum absolute atomic E-state index is 9.61. The second kappa shape index (κ2) is 5.40. The number of benzene rings is 1. The van der Waals surface area contributed by atoms with E-state index in [4.69, 9.17) is 0 Å². The fourth-order valence-corrected chi connectivity index (χ4v) is 1.92. The molecule has 20 heavy (non-hydrogen) atoms. The molecular weight excluding hydrogens is 250 g/mol. The number of para-hydroxylation sites is 1. The summed E-state index contributed by atoms with van der Waals surface area (Å²) in [6.07, 6.45) is 5.50. The van der Waals surface area contributed by atoms with Crippen LogP contribution >= 0.6 is 0 Å². The molecule has 0 aliphatic rings. The Balaban J connectivity index is 1.97. The molecule has 1 N–H and O–H groups in total. The van der Waals surface area contributed by atoms with Crippen LogP contribution in [0.1, 0.15) is 11.4 Å². The highest BCUT2D eigenvalue weighted by molar-refractivity contribution is 5.67. The van der Waals surface area contributed by atoms with Gasteiger partial charge in [0.25, 0.3) is 0 Å². The van der Waals surface area contributed by atoms with E-state index in [-0.39, 0.29) is 5.88 Å². The van der Waals surface area contributed by atoms with Gasteiger partial charge in [0.05, 0.1) is 17.1 Å². The number of aromatic nitrogens is 3. The number of aromatic hydroxyl groups is 1. The zero-order valence-electron chi connectivity index (χ0n) is 10.7. The lowest BCUT2D eigenvalue weighted by molar-refractivity contribution is 0.448. The Kier molecular flexibility index (Phi) is 3.29. The summed E-state index contributed by atoms with van der Waals surface area (Å²) in [7, 11) is 0. The molecule has 0 bridgehead atoms. The quantitative estimate of drug-likeness (QED) is 0.789. The fraction of sp³-hybridized carbons (Fsp3) is 0. The maximum atomic E-state index is 9.61. The zero-order chi connectivity index (χ0) is 13.8. The molecule has 0 spiro atoms. The van der Waals surface area contributed by atoms with Crippen molar-refractivity contribution in [3.63, 3.8) is 0 Å². The van der Waals surface area contributed by atoms with Gasteiger partial charge in [-0.2, -0.15) is 0 Å². The van der Waals surface area contributed by atoms with E-state index in [0.29, 0.717) is 0 Å². The zero-order valence-corrected chi connectivity index (χ0v) is 10.7. The minimum absolute atomic E-state index is 0.00507. The molecule has 4 heteroatoms. The van der Waals surface area contributed by atoms with Gasteiger partial charge in [-0.25, -0.2) is 4.68 Å². The molecule has 98 valence electrons. The Bertz CT molecular complexity index is 718. The summed E-state index contributed by atoms with van der Waals surface area (Å²) in [5.74, 6) is -0.00507. The van der Waals surface area contributed by atoms with E-state index in [2.05, 4.69) is 10.1 Å². The largest absolute Gasteiger partial charge is 0.492 e. The Morgan fingerprint density at radius 1 is 0.950 bits per heavy atom. The van der Waals surface area contributed by atoms with Gasteiger partial charge in [-0.3, -0.25) is 4.98 Å². The van der Waals surface area contributed by atoms with Crippen LogP contribution in [0.15, 0.2) is 60.8 Å². The lowest BCUT2D eigenvalue weighted by Crippen LogP contribution is -1.97. The first-order valence-corrected chi connectivity index (χ1v) is 6.26. The van der Waals surface area contributed by atoms with Gasteiger partial charge >= 0.3 is 0 Å². The van der Waals surface area contributed by atoms with Crippen LogP contribution in [0.2, 0.25) is 0 Å². The molecule has 3 aromatic rings. The Morgan fingerprint density at radius 2 is 1.75 bits per heavy atom. The Morgan fingerprint density at radius 3 is 2.50 bits per heavy atom. The summed E-state index contributed by atoms with van der Waals surface area (Å²) >= 11 is 0. The van der Waals surface area contributed by atoms with E-state index in [0.717, 1.165) is 17.1 Å². The smallest absolute Gasteiger partial charge is 0.231 e. The molecule has 0 fully saturated rings. The van der Waals surface area contributed by atoms with Crippen molar-refractivity contribution >= 4 is 12.2 Å². The predicted octanol–water partition coefficient (Wildman–Crippen LogP) is 3.14. The van der Waals surface area contributed by atoms with Crippen molar-refractivity contribution in [1.29, 1.82) is 0 Å². The molecule has 4 nitrogen and oxygen atoms in total. The average molecular weight is 263 g/mol. The predicted molar refractivity (Wildman–Crippen MR) is 78.4 cm³/mol. The van der Waals surface area contributed by atoms with E-state index < -0.39 is 0 Å². The van der Waals surface area contributed by atoms with E-state index in [1.165, 1.54) is 0 Å². The first-order chi connectivity index (χ1) is 9.83. The topological polar surface area (TPSA) is 50.9 Å². The summed E-state index contributed by atoms with van der Waals surface area (Å²) in [6.45, 7) is 0. The first kappa shape index (κ1) is 12.2. The Labute approximate surface area is 116 Å². The van der Waals surface area contributed by atoms with Gasteiger partial charge in [0.15, 0.2) is 0 Å². The minimum Gasteiger partial charge on any atom is -0.492 e. The molecule has 0 atom stereocenters. The van der Waals surface area contributed by atoms with E-state index in [9.17, 15) is 5.11 Å². The van der Waals surface area contributed by atoms with Crippen LogP contribution in [-0.2, 0) is 0 Å². The van der Waals surface area contributed by atoms with Crippen molar-refractivity contribution in [1.82, 2.24) is 14.8 Å². The SMILES string of the molecule is Oc1cc(/C=C/c2ccccn2)n(-c2ccccc2)n1. The number of hydrogen-bond acceptors (Lipinski definition) is 3. The summed E-state index contributed by atoms with van der Waals surface area (Å²) in [6, 6.07) is 17.0.